The van der Waals surface area contributed by atoms with Gasteiger partial charge in [-0.2, -0.15) is 0 Å². The van der Waals surface area contributed by atoms with E-state index in [1.165, 1.54) is 0 Å². The zero-order valence-corrected chi connectivity index (χ0v) is 10.6. The minimum absolute atomic E-state index is 0.518. The molecule has 6 heteroatoms. The smallest absolute Gasteiger partial charge is 0.318 e. The molecule has 0 fully saturated rings. The highest BCUT2D eigenvalue weighted by atomic mass is 35.5. The Labute approximate surface area is 109 Å². The third kappa shape index (κ3) is 2.13. The van der Waals surface area contributed by atoms with Gasteiger partial charge in [-0.3, -0.25) is 0 Å². The first-order valence-corrected chi connectivity index (χ1v) is 6.06. The van der Waals surface area contributed by atoms with Crippen molar-refractivity contribution in [2.75, 3.05) is 18.1 Å². The van der Waals surface area contributed by atoms with Crippen molar-refractivity contribution in [2.24, 2.45) is 0 Å². The summed E-state index contributed by atoms with van der Waals surface area (Å²) in [6.07, 6.45) is 0. The fourth-order valence-electron chi connectivity index (χ4n) is 1.94. The first-order valence-electron chi connectivity index (χ1n) is 5.68. The summed E-state index contributed by atoms with van der Waals surface area (Å²) in [7, 11) is 0. The van der Waals surface area contributed by atoms with Crippen LogP contribution in [0.25, 0.3) is 0 Å². The molecular weight excluding hydrogens is 254 g/mol. The van der Waals surface area contributed by atoms with Crippen LogP contribution < -0.4 is 9.64 Å². The maximum absolute atomic E-state index is 6.00. The second kappa shape index (κ2) is 4.49. The highest BCUT2D eigenvalue weighted by molar-refractivity contribution is 6.30. The Morgan fingerprint density at radius 1 is 1.33 bits per heavy atom. The molecule has 1 aliphatic rings. The quantitative estimate of drug-likeness (QED) is 0.793. The van der Waals surface area contributed by atoms with E-state index in [9.17, 15) is 0 Å². The number of anilines is 1. The van der Waals surface area contributed by atoms with Gasteiger partial charge in [0.2, 0.25) is 5.89 Å². The molecule has 1 aromatic carbocycles. The Morgan fingerprint density at radius 2 is 2.22 bits per heavy atom. The summed E-state index contributed by atoms with van der Waals surface area (Å²) in [5, 5.41) is 8.56. The second-order valence-electron chi connectivity index (χ2n) is 4.13. The van der Waals surface area contributed by atoms with Gasteiger partial charge in [0, 0.05) is 17.5 Å². The first kappa shape index (κ1) is 11.3. The minimum Gasteiger partial charge on any atom is -0.491 e. The number of nitrogens with zero attached hydrogens (tertiary/aromatic N) is 3. The fourth-order valence-corrected chi connectivity index (χ4v) is 2.13. The van der Waals surface area contributed by atoms with Gasteiger partial charge in [-0.1, -0.05) is 16.7 Å². The van der Waals surface area contributed by atoms with Crippen molar-refractivity contribution < 1.29 is 9.15 Å². The normalized spacial score (nSPS) is 14.9. The lowest BCUT2D eigenvalue weighted by Crippen LogP contribution is -2.25. The van der Waals surface area contributed by atoms with Crippen molar-refractivity contribution in [3.05, 3.63) is 34.7 Å². The second-order valence-corrected chi connectivity index (χ2v) is 4.56. The Balaban J connectivity index is 1.92. The summed E-state index contributed by atoms with van der Waals surface area (Å²) in [4.78, 5) is 1.99. The molecule has 3 rings (SSSR count). The van der Waals surface area contributed by atoms with E-state index >= 15 is 0 Å². The van der Waals surface area contributed by atoms with E-state index in [1.807, 2.05) is 23.1 Å². The maximum atomic E-state index is 6.00. The molecule has 0 saturated carbocycles. The maximum Gasteiger partial charge on any atom is 0.318 e. The van der Waals surface area contributed by atoms with E-state index in [-0.39, 0.29) is 0 Å². The predicted octanol–water partition coefficient (Wildman–Crippen LogP) is 2.43. The number of fused-ring (bicyclic) bond motifs is 1. The van der Waals surface area contributed by atoms with Crippen molar-refractivity contribution in [3.63, 3.8) is 0 Å². The number of benzene rings is 1. The summed E-state index contributed by atoms with van der Waals surface area (Å²) in [6, 6.07) is 6.13. The molecule has 0 N–H and O–H groups in total. The Kier molecular flexibility index (Phi) is 2.83. The van der Waals surface area contributed by atoms with Crippen LogP contribution in [0.5, 0.6) is 5.75 Å². The van der Waals surface area contributed by atoms with Gasteiger partial charge in [-0.15, -0.1) is 5.10 Å². The van der Waals surface area contributed by atoms with E-state index in [0.717, 1.165) is 11.3 Å². The molecule has 0 spiro atoms. The van der Waals surface area contributed by atoms with Crippen molar-refractivity contribution in [1.29, 1.82) is 0 Å². The molecule has 0 aliphatic carbocycles. The molecule has 0 radical (unpaired) electrons. The molecule has 0 bridgehead atoms. The van der Waals surface area contributed by atoms with Crippen LogP contribution in [0.15, 0.2) is 22.6 Å². The number of hydrogen-bond donors (Lipinski definition) is 0. The zero-order chi connectivity index (χ0) is 12.5. The molecule has 1 aromatic heterocycles. The van der Waals surface area contributed by atoms with Gasteiger partial charge in [-0.05, 0) is 18.2 Å². The van der Waals surface area contributed by atoms with E-state index in [4.69, 9.17) is 20.8 Å². The van der Waals surface area contributed by atoms with Crippen LogP contribution in [0, 0.1) is 6.92 Å². The van der Waals surface area contributed by atoms with Gasteiger partial charge in [-0.25, -0.2) is 0 Å². The van der Waals surface area contributed by atoms with Crippen molar-refractivity contribution >= 4 is 17.6 Å². The van der Waals surface area contributed by atoms with Crippen LogP contribution in [0.3, 0.4) is 0 Å². The van der Waals surface area contributed by atoms with Crippen LogP contribution in [-0.2, 0) is 6.54 Å². The monoisotopic (exact) mass is 265 g/mol. The number of rotatable bonds is 1. The van der Waals surface area contributed by atoms with Crippen LogP contribution in [-0.4, -0.2) is 23.3 Å². The first-order chi connectivity index (χ1) is 8.72. The average molecular weight is 266 g/mol. The molecule has 2 aromatic rings. The standard InChI is InChI=1S/C12H12ClN3O2/c1-8-14-15-12(18-8)16-4-5-17-11-3-2-10(13)6-9(11)7-16/h2-3,6H,4-5,7H2,1H3. The van der Waals surface area contributed by atoms with Gasteiger partial charge in [0.1, 0.15) is 12.4 Å². The van der Waals surface area contributed by atoms with Gasteiger partial charge in [0.15, 0.2) is 0 Å². The van der Waals surface area contributed by atoms with Crippen LogP contribution in [0.4, 0.5) is 6.01 Å². The van der Waals surface area contributed by atoms with E-state index in [0.29, 0.717) is 36.6 Å². The summed E-state index contributed by atoms with van der Waals surface area (Å²) in [6.45, 7) is 3.71. The topological polar surface area (TPSA) is 51.4 Å². The number of halogens is 1. The molecule has 0 saturated heterocycles. The zero-order valence-electron chi connectivity index (χ0n) is 9.89. The summed E-state index contributed by atoms with van der Waals surface area (Å²) in [5.41, 5.74) is 1.02. The largest absolute Gasteiger partial charge is 0.491 e. The Bertz CT molecular complexity index is 570. The third-order valence-electron chi connectivity index (χ3n) is 2.79. The van der Waals surface area contributed by atoms with Crippen LogP contribution in [0.2, 0.25) is 5.02 Å². The average Bonchev–Trinajstić information content (AvgIpc) is 2.66. The molecule has 0 unspecified atom stereocenters. The Morgan fingerprint density at radius 3 is 3.00 bits per heavy atom. The lowest BCUT2D eigenvalue weighted by atomic mass is 10.2. The summed E-state index contributed by atoms with van der Waals surface area (Å²) >= 11 is 6.00. The predicted molar refractivity (Wildman–Crippen MR) is 67.0 cm³/mol. The molecular formula is C12H12ClN3O2. The van der Waals surface area contributed by atoms with E-state index < -0.39 is 0 Å². The number of aromatic nitrogens is 2. The minimum atomic E-state index is 0.518. The van der Waals surface area contributed by atoms with Gasteiger partial charge < -0.3 is 14.1 Å². The molecule has 94 valence electrons. The SMILES string of the molecule is Cc1nnc(N2CCOc3ccc(Cl)cc3C2)o1. The lowest BCUT2D eigenvalue weighted by Gasteiger charge is -2.16. The molecule has 18 heavy (non-hydrogen) atoms. The number of ether oxygens (including phenoxy) is 1. The molecule has 2 heterocycles. The Hall–Kier alpha value is -1.75. The number of hydrogen-bond acceptors (Lipinski definition) is 5. The lowest BCUT2D eigenvalue weighted by molar-refractivity contribution is 0.329. The van der Waals surface area contributed by atoms with Crippen molar-refractivity contribution in [3.8, 4) is 5.75 Å². The molecule has 0 amide bonds. The summed E-state index contributed by atoms with van der Waals surface area (Å²) in [5.74, 6) is 1.42. The molecule has 5 nitrogen and oxygen atoms in total. The summed E-state index contributed by atoms with van der Waals surface area (Å²) < 4.78 is 11.1. The highest BCUT2D eigenvalue weighted by Gasteiger charge is 2.19. The van der Waals surface area contributed by atoms with Gasteiger partial charge in [0.25, 0.3) is 0 Å². The fraction of sp³-hybridized carbons (Fsp3) is 0.333. The number of aryl methyl sites for hydroxylation is 1. The van der Waals surface area contributed by atoms with Crippen LogP contribution >= 0.6 is 11.6 Å². The van der Waals surface area contributed by atoms with Crippen LogP contribution in [0.1, 0.15) is 11.5 Å². The van der Waals surface area contributed by atoms with E-state index in [2.05, 4.69) is 10.2 Å². The third-order valence-corrected chi connectivity index (χ3v) is 3.02. The molecule has 0 atom stereocenters. The molecule has 1 aliphatic heterocycles. The van der Waals surface area contributed by atoms with Gasteiger partial charge >= 0.3 is 6.01 Å². The van der Waals surface area contributed by atoms with Crippen molar-refractivity contribution in [2.45, 2.75) is 13.5 Å². The van der Waals surface area contributed by atoms with Gasteiger partial charge in [0.05, 0.1) is 13.1 Å². The van der Waals surface area contributed by atoms with E-state index in [1.54, 1.807) is 6.92 Å². The van der Waals surface area contributed by atoms with Crippen molar-refractivity contribution in [1.82, 2.24) is 10.2 Å². The highest BCUT2D eigenvalue weighted by Crippen LogP contribution is 2.28.